The Hall–Kier alpha value is -3.22. The van der Waals surface area contributed by atoms with Crippen molar-refractivity contribution in [3.05, 3.63) is 65.4 Å². The van der Waals surface area contributed by atoms with Crippen LogP contribution in [0.2, 0.25) is 0 Å². The molecular formula is C22H19ClF7N5O. The number of halogens is 8. The maximum Gasteiger partial charge on any atom is 0.471 e. The second-order valence-corrected chi connectivity index (χ2v) is 8.62. The number of carbonyl (C=O) groups is 1. The number of hydrazine groups is 1. The molecule has 1 N–H and O–H groups in total. The molecular weight excluding hydrogens is 519 g/mol. The van der Waals surface area contributed by atoms with E-state index in [1.165, 1.54) is 10.7 Å². The van der Waals surface area contributed by atoms with Crippen molar-refractivity contribution in [2.75, 3.05) is 17.6 Å². The molecule has 2 aliphatic heterocycles. The maximum absolute atomic E-state index is 13.5. The molecule has 0 unspecified atom stereocenters. The average Bonchev–Trinajstić information content (AvgIpc) is 2.82. The molecule has 1 amide bonds. The van der Waals surface area contributed by atoms with Crippen LogP contribution in [0.1, 0.15) is 29.5 Å². The van der Waals surface area contributed by atoms with Crippen molar-refractivity contribution in [1.29, 1.82) is 0 Å². The normalized spacial score (nSPS) is 16.8. The van der Waals surface area contributed by atoms with Gasteiger partial charge in [0.05, 0.1) is 17.5 Å². The van der Waals surface area contributed by atoms with Crippen LogP contribution in [0.15, 0.2) is 42.9 Å². The van der Waals surface area contributed by atoms with Crippen LogP contribution in [0.25, 0.3) is 5.70 Å². The molecule has 2 aliphatic rings. The van der Waals surface area contributed by atoms with Gasteiger partial charge in [0.25, 0.3) is 0 Å². The Morgan fingerprint density at radius 2 is 1.83 bits per heavy atom. The number of anilines is 1. The van der Waals surface area contributed by atoms with Crippen LogP contribution in [-0.2, 0) is 17.5 Å². The van der Waals surface area contributed by atoms with Crippen molar-refractivity contribution in [2.45, 2.75) is 37.8 Å². The summed E-state index contributed by atoms with van der Waals surface area (Å²) in [5.41, 5.74) is 2.76. The molecule has 1 aromatic heterocycles. The molecule has 0 aliphatic carbocycles. The van der Waals surface area contributed by atoms with Gasteiger partial charge in [-0.15, -0.1) is 0 Å². The first-order chi connectivity index (χ1) is 16.9. The predicted molar refractivity (Wildman–Crippen MR) is 116 cm³/mol. The average molecular weight is 538 g/mol. The summed E-state index contributed by atoms with van der Waals surface area (Å²) in [6, 6.07) is 2.42. The number of nitrogens with zero attached hydrogens (tertiary/aromatic N) is 4. The van der Waals surface area contributed by atoms with Crippen LogP contribution in [-0.4, -0.2) is 46.0 Å². The molecule has 14 heteroatoms. The largest absolute Gasteiger partial charge is 0.471 e. The summed E-state index contributed by atoms with van der Waals surface area (Å²) in [5, 5.41) is 0. The first kappa shape index (κ1) is 25.9. The Balaban J connectivity index is 1.57. The van der Waals surface area contributed by atoms with Crippen molar-refractivity contribution >= 4 is 29.1 Å². The van der Waals surface area contributed by atoms with Crippen LogP contribution >= 0.6 is 11.8 Å². The number of amides is 1. The van der Waals surface area contributed by atoms with Gasteiger partial charge in [-0.25, -0.2) is 4.39 Å². The first-order valence-corrected chi connectivity index (χ1v) is 11.0. The zero-order valence-corrected chi connectivity index (χ0v) is 19.1. The molecule has 0 bridgehead atoms. The minimum Gasteiger partial charge on any atom is -0.370 e. The lowest BCUT2D eigenvalue weighted by molar-refractivity contribution is -0.189. The molecule has 1 saturated heterocycles. The topological polar surface area (TPSA) is 51.7 Å². The number of carbonyl (C=O) groups excluding carboxylic acids is 1. The van der Waals surface area contributed by atoms with Crippen molar-refractivity contribution in [3.8, 4) is 0 Å². The van der Waals surface area contributed by atoms with E-state index in [1.807, 2.05) is 4.90 Å². The standard InChI is InChI=1S/C22H19ClF7N5O/c23-35-19-10-31-6-3-16(19)18(11-32-35)33-7-4-15(5-8-33)34(20(36)22(28,29)30)12-13-1-2-14(24)9-17(13)21(25,26)27/h1-3,6,9-11,15,32H,4-5,7-8,12H2. The molecule has 194 valence electrons. The quantitative estimate of drug-likeness (QED) is 0.436. The zero-order valence-electron chi connectivity index (χ0n) is 18.4. The van der Waals surface area contributed by atoms with E-state index in [0.717, 1.165) is 17.7 Å². The minimum atomic E-state index is -5.29. The summed E-state index contributed by atoms with van der Waals surface area (Å²) < 4.78 is 95.2. The number of fused-ring (bicyclic) bond motifs is 1. The third kappa shape index (κ3) is 5.30. The number of aromatic nitrogens is 1. The summed E-state index contributed by atoms with van der Waals surface area (Å²) in [7, 11) is 0. The molecule has 1 fully saturated rings. The second kappa shape index (κ2) is 9.68. The molecule has 0 saturated carbocycles. The Labute approximate surface area is 206 Å². The van der Waals surface area contributed by atoms with E-state index in [-0.39, 0.29) is 32.0 Å². The van der Waals surface area contributed by atoms with Gasteiger partial charge in [0, 0.05) is 55.4 Å². The number of hydrogen-bond acceptors (Lipinski definition) is 5. The molecule has 4 rings (SSSR count). The highest BCUT2D eigenvalue weighted by Gasteiger charge is 2.46. The Bertz CT molecular complexity index is 1160. The number of hydrogen-bond donors (Lipinski definition) is 1. The molecule has 6 nitrogen and oxygen atoms in total. The van der Waals surface area contributed by atoms with Gasteiger partial charge in [-0.2, -0.15) is 30.9 Å². The number of rotatable bonds is 4. The molecule has 0 spiro atoms. The van der Waals surface area contributed by atoms with Gasteiger partial charge >= 0.3 is 18.3 Å². The lowest BCUT2D eigenvalue weighted by atomic mass is 9.98. The van der Waals surface area contributed by atoms with Crippen molar-refractivity contribution in [3.63, 3.8) is 0 Å². The Kier molecular flexibility index (Phi) is 6.95. The summed E-state index contributed by atoms with van der Waals surface area (Å²) in [5.74, 6) is -3.43. The lowest BCUT2D eigenvalue weighted by Crippen LogP contribution is -2.51. The highest BCUT2D eigenvalue weighted by Crippen LogP contribution is 2.37. The highest BCUT2D eigenvalue weighted by molar-refractivity contribution is 6.26. The predicted octanol–water partition coefficient (Wildman–Crippen LogP) is 5.07. The van der Waals surface area contributed by atoms with Crippen LogP contribution in [0.5, 0.6) is 0 Å². The second-order valence-electron chi connectivity index (χ2n) is 8.28. The van der Waals surface area contributed by atoms with E-state index in [4.69, 9.17) is 11.8 Å². The third-order valence-corrected chi connectivity index (χ3v) is 6.35. The van der Waals surface area contributed by atoms with Gasteiger partial charge in [-0.3, -0.25) is 15.2 Å². The van der Waals surface area contributed by atoms with Crippen molar-refractivity contribution < 1.29 is 35.5 Å². The van der Waals surface area contributed by atoms with E-state index in [1.54, 1.807) is 18.5 Å². The van der Waals surface area contributed by atoms with Crippen LogP contribution < -0.4 is 9.95 Å². The summed E-state index contributed by atoms with van der Waals surface area (Å²) in [6.07, 6.45) is -5.48. The third-order valence-electron chi connectivity index (χ3n) is 6.07. The highest BCUT2D eigenvalue weighted by atomic mass is 35.5. The summed E-state index contributed by atoms with van der Waals surface area (Å²) in [4.78, 5) is 18.6. The number of likely N-dealkylation sites (tertiary alicyclic amines) is 1. The van der Waals surface area contributed by atoms with E-state index in [9.17, 15) is 35.5 Å². The zero-order chi connectivity index (χ0) is 26.3. The Morgan fingerprint density at radius 1 is 1.14 bits per heavy atom. The van der Waals surface area contributed by atoms with E-state index < -0.39 is 47.8 Å². The van der Waals surface area contributed by atoms with Crippen LogP contribution in [0.3, 0.4) is 0 Å². The van der Waals surface area contributed by atoms with Crippen LogP contribution in [0.4, 0.5) is 36.4 Å². The van der Waals surface area contributed by atoms with Gasteiger partial charge in [-0.05, 0) is 36.6 Å². The van der Waals surface area contributed by atoms with Crippen molar-refractivity contribution in [1.82, 2.24) is 20.2 Å². The smallest absolute Gasteiger partial charge is 0.370 e. The van der Waals surface area contributed by atoms with Gasteiger partial charge in [-0.1, -0.05) is 6.07 Å². The Morgan fingerprint density at radius 3 is 2.47 bits per heavy atom. The minimum absolute atomic E-state index is 0.0622. The SMILES string of the molecule is O=C(N(Cc1ccc(F)cc1C(F)(F)F)C1CCN(C2=CNN(Cl)c3cnccc32)CC1)C(F)(F)F. The summed E-state index contributed by atoms with van der Waals surface area (Å²) >= 11 is 6.09. The maximum atomic E-state index is 13.5. The van der Waals surface area contributed by atoms with Crippen molar-refractivity contribution in [2.24, 2.45) is 0 Å². The fourth-order valence-electron chi connectivity index (χ4n) is 4.37. The number of piperidine rings is 1. The van der Waals surface area contributed by atoms with E-state index >= 15 is 0 Å². The number of nitrogens with one attached hydrogen (secondary N) is 1. The fourth-order valence-corrected chi connectivity index (χ4v) is 4.55. The number of benzene rings is 1. The molecule has 2 aromatic rings. The fraction of sp³-hybridized carbons (Fsp3) is 0.364. The molecule has 36 heavy (non-hydrogen) atoms. The first-order valence-electron chi connectivity index (χ1n) is 10.7. The molecule has 1 aromatic carbocycles. The van der Waals surface area contributed by atoms with Gasteiger partial charge in [0.1, 0.15) is 11.5 Å². The molecule has 0 atom stereocenters. The monoisotopic (exact) mass is 537 g/mol. The van der Waals surface area contributed by atoms with Gasteiger partial charge < -0.3 is 9.80 Å². The van der Waals surface area contributed by atoms with Gasteiger partial charge in [0.15, 0.2) is 0 Å². The van der Waals surface area contributed by atoms with E-state index in [0.29, 0.717) is 16.3 Å². The molecule has 0 radical (unpaired) electrons. The summed E-state index contributed by atoms with van der Waals surface area (Å²) in [6.45, 7) is -0.517. The van der Waals surface area contributed by atoms with Gasteiger partial charge in [0.2, 0.25) is 0 Å². The molecule has 3 heterocycles. The van der Waals surface area contributed by atoms with Crippen LogP contribution in [0, 0.1) is 5.82 Å². The van der Waals surface area contributed by atoms with E-state index in [2.05, 4.69) is 10.4 Å². The number of alkyl halides is 6. The lowest BCUT2D eigenvalue weighted by Gasteiger charge is -2.41. The number of pyridine rings is 1.